The van der Waals surface area contributed by atoms with Crippen LogP contribution < -0.4 is 0 Å². The fourth-order valence-corrected chi connectivity index (χ4v) is 1.80. The lowest BCUT2D eigenvalue weighted by molar-refractivity contribution is -0.149. The molecule has 2 atom stereocenters. The SMILES string of the molecule is CCCCC(CC)CC(C=O)C(=O)OCC. The molecule has 3 nitrogen and oxygen atoms in total. The first kappa shape index (κ1) is 15.1. The van der Waals surface area contributed by atoms with Crippen molar-refractivity contribution in [2.75, 3.05) is 6.61 Å². The van der Waals surface area contributed by atoms with Gasteiger partial charge in [-0.25, -0.2) is 0 Å². The monoisotopic (exact) mass is 228 g/mol. The van der Waals surface area contributed by atoms with Gasteiger partial charge in [-0.3, -0.25) is 4.79 Å². The summed E-state index contributed by atoms with van der Waals surface area (Å²) in [4.78, 5) is 22.3. The molecule has 0 rings (SSSR count). The molecule has 0 spiro atoms. The number of hydrogen-bond donors (Lipinski definition) is 0. The lowest BCUT2D eigenvalue weighted by Gasteiger charge is -2.17. The Hall–Kier alpha value is -0.860. The molecule has 2 unspecified atom stereocenters. The first-order valence-corrected chi connectivity index (χ1v) is 6.31. The van der Waals surface area contributed by atoms with Crippen LogP contribution in [-0.2, 0) is 14.3 Å². The van der Waals surface area contributed by atoms with E-state index in [2.05, 4.69) is 13.8 Å². The summed E-state index contributed by atoms with van der Waals surface area (Å²) in [5, 5.41) is 0. The average molecular weight is 228 g/mol. The molecule has 0 aromatic heterocycles. The summed E-state index contributed by atoms with van der Waals surface area (Å²) in [7, 11) is 0. The Labute approximate surface area is 98.6 Å². The number of carbonyl (C=O) groups is 2. The van der Waals surface area contributed by atoms with Crippen LogP contribution in [0.5, 0.6) is 0 Å². The quantitative estimate of drug-likeness (QED) is 0.346. The largest absolute Gasteiger partial charge is 0.465 e. The van der Waals surface area contributed by atoms with Crippen LogP contribution in [0, 0.1) is 11.8 Å². The summed E-state index contributed by atoms with van der Waals surface area (Å²) in [6.07, 6.45) is 5.79. The van der Waals surface area contributed by atoms with Crippen LogP contribution in [0.25, 0.3) is 0 Å². The lowest BCUT2D eigenvalue weighted by Crippen LogP contribution is -2.22. The molecule has 0 aliphatic carbocycles. The molecule has 0 saturated carbocycles. The van der Waals surface area contributed by atoms with E-state index in [9.17, 15) is 9.59 Å². The van der Waals surface area contributed by atoms with Crippen molar-refractivity contribution >= 4 is 12.3 Å². The van der Waals surface area contributed by atoms with Gasteiger partial charge in [-0.2, -0.15) is 0 Å². The van der Waals surface area contributed by atoms with Crippen LogP contribution in [0.1, 0.15) is 52.9 Å². The molecule has 0 fully saturated rings. The van der Waals surface area contributed by atoms with Crippen LogP contribution in [0.3, 0.4) is 0 Å². The Balaban J connectivity index is 4.15. The fourth-order valence-electron chi connectivity index (χ4n) is 1.80. The minimum Gasteiger partial charge on any atom is -0.465 e. The number of carbonyl (C=O) groups excluding carboxylic acids is 2. The molecule has 0 aliphatic rings. The molecule has 0 saturated heterocycles. The van der Waals surface area contributed by atoms with Gasteiger partial charge in [0.25, 0.3) is 0 Å². The second-order valence-corrected chi connectivity index (χ2v) is 4.15. The van der Waals surface area contributed by atoms with Crippen molar-refractivity contribution in [3.05, 3.63) is 0 Å². The van der Waals surface area contributed by atoms with Crippen LogP contribution >= 0.6 is 0 Å². The summed E-state index contributed by atoms with van der Waals surface area (Å²) in [6.45, 7) is 6.35. The zero-order chi connectivity index (χ0) is 12.4. The van der Waals surface area contributed by atoms with Gasteiger partial charge in [0.05, 0.1) is 6.61 Å². The molecule has 0 radical (unpaired) electrons. The first-order chi connectivity index (χ1) is 7.69. The van der Waals surface area contributed by atoms with Gasteiger partial charge < -0.3 is 9.53 Å². The van der Waals surface area contributed by atoms with E-state index in [4.69, 9.17) is 4.74 Å². The molecular formula is C13H24O3. The molecule has 16 heavy (non-hydrogen) atoms. The van der Waals surface area contributed by atoms with Crippen molar-refractivity contribution < 1.29 is 14.3 Å². The average Bonchev–Trinajstić information content (AvgIpc) is 2.30. The predicted octanol–water partition coefficient (Wildman–Crippen LogP) is 2.97. The van der Waals surface area contributed by atoms with E-state index < -0.39 is 5.92 Å². The third-order valence-corrected chi connectivity index (χ3v) is 2.88. The molecule has 0 aliphatic heterocycles. The molecule has 0 heterocycles. The van der Waals surface area contributed by atoms with E-state index in [1.165, 1.54) is 0 Å². The van der Waals surface area contributed by atoms with Crippen LogP contribution in [0.2, 0.25) is 0 Å². The van der Waals surface area contributed by atoms with E-state index in [1.54, 1.807) is 6.92 Å². The standard InChI is InChI=1S/C13H24O3/c1-4-7-8-11(5-2)9-12(10-14)13(15)16-6-3/h10-12H,4-9H2,1-3H3. The topological polar surface area (TPSA) is 43.4 Å². The van der Waals surface area contributed by atoms with E-state index in [0.29, 0.717) is 18.9 Å². The highest BCUT2D eigenvalue weighted by Gasteiger charge is 2.22. The Morgan fingerprint density at radius 1 is 1.31 bits per heavy atom. The summed E-state index contributed by atoms with van der Waals surface area (Å²) < 4.78 is 4.87. The number of ether oxygens (including phenoxy) is 1. The summed E-state index contributed by atoms with van der Waals surface area (Å²) in [5.41, 5.74) is 0. The van der Waals surface area contributed by atoms with Crippen molar-refractivity contribution in [3.63, 3.8) is 0 Å². The van der Waals surface area contributed by atoms with Gasteiger partial charge in [0, 0.05) is 0 Å². The van der Waals surface area contributed by atoms with Gasteiger partial charge in [-0.05, 0) is 19.3 Å². The van der Waals surface area contributed by atoms with Gasteiger partial charge in [0.2, 0.25) is 0 Å². The number of hydrogen-bond acceptors (Lipinski definition) is 3. The zero-order valence-electron chi connectivity index (χ0n) is 10.7. The predicted molar refractivity (Wildman–Crippen MR) is 64.1 cm³/mol. The van der Waals surface area contributed by atoms with E-state index in [0.717, 1.165) is 32.0 Å². The molecule has 0 aromatic carbocycles. The number of esters is 1. The summed E-state index contributed by atoms with van der Waals surface area (Å²) in [5.74, 6) is -0.478. The molecule has 0 amide bonds. The normalized spacial score (nSPS) is 14.2. The Morgan fingerprint density at radius 3 is 2.44 bits per heavy atom. The zero-order valence-corrected chi connectivity index (χ0v) is 10.7. The smallest absolute Gasteiger partial charge is 0.316 e. The van der Waals surface area contributed by atoms with Gasteiger partial charge >= 0.3 is 5.97 Å². The summed E-state index contributed by atoms with van der Waals surface area (Å²) >= 11 is 0. The van der Waals surface area contributed by atoms with Gasteiger partial charge in [-0.1, -0.05) is 39.5 Å². The maximum atomic E-state index is 11.4. The van der Waals surface area contributed by atoms with E-state index >= 15 is 0 Å². The van der Waals surface area contributed by atoms with Crippen molar-refractivity contribution in [3.8, 4) is 0 Å². The highest BCUT2D eigenvalue weighted by atomic mass is 16.5. The number of rotatable bonds is 9. The van der Waals surface area contributed by atoms with Crippen LogP contribution in [0.4, 0.5) is 0 Å². The minimum absolute atomic E-state index is 0.342. The molecular weight excluding hydrogens is 204 g/mol. The molecule has 3 heteroatoms. The second kappa shape index (κ2) is 9.37. The van der Waals surface area contributed by atoms with Gasteiger partial charge in [0.15, 0.2) is 0 Å². The Morgan fingerprint density at radius 2 is 2.00 bits per heavy atom. The maximum absolute atomic E-state index is 11.4. The van der Waals surface area contributed by atoms with Crippen molar-refractivity contribution in [1.82, 2.24) is 0 Å². The molecule has 94 valence electrons. The molecule has 0 bridgehead atoms. The highest BCUT2D eigenvalue weighted by Crippen LogP contribution is 2.21. The van der Waals surface area contributed by atoms with E-state index in [1.807, 2.05) is 0 Å². The summed E-state index contributed by atoms with van der Waals surface area (Å²) in [6, 6.07) is 0. The van der Waals surface area contributed by atoms with Crippen LogP contribution in [0.15, 0.2) is 0 Å². The van der Waals surface area contributed by atoms with E-state index in [-0.39, 0.29) is 5.97 Å². The third kappa shape index (κ3) is 5.89. The van der Waals surface area contributed by atoms with Crippen molar-refractivity contribution in [2.24, 2.45) is 11.8 Å². The highest BCUT2D eigenvalue weighted by molar-refractivity contribution is 5.87. The number of aldehydes is 1. The molecule has 0 aromatic rings. The maximum Gasteiger partial charge on any atom is 0.316 e. The van der Waals surface area contributed by atoms with Crippen LogP contribution in [-0.4, -0.2) is 18.9 Å². The van der Waals surface area contributed by atoms with Gasteiger partial charge in [0.1, 0.15) is 12.2 Å². The third-order valence-electron chi connectivity index (χ3n) is 2.88. The molecule has 0 N–H and O–H groups in total. The Kier molecular flexibility index (Phi) is 8.87. The van der Waals surface area contributed by atoms with Crippen molar-refractivity contribution in [2.45, 2.75) is 52.9 Å². The minimum atomic E-state index is -0.568. The van der Waals surface area contributed by atoms with Crippen molar-refractivity contribution in [1.29, 1.82) is 0 Å². The van der Waals surface area contributed by atoms with Gasteiger partial charge in [-0.15, -0.1) is 0 Å². The second-order valence-electron chi connectivity index (χ2n) is 4.15. The lowest BCUT2D eigenvalue weighted by atomic mass is 9.89. The number of unbranched alkanes of at least 4 members (excludes halogenated alkanes) is 1. The fraction of sp³-hybridized carbons (Fsp3) is 0.846. The Bertz CT molecular complexity index is 201. The first-order valence-electron chi connectivity index (χ1n) is 6.31.